The topological polar surface area (TPSA) is 66.8 Å². The molecule has 0 spiro atoms. The Bertz CT molecular complexity index is 331. The molecular weight excluding hydrogens is 258 g/mol. The van der Waals surface area contributed by atoms with Crippen molar-refractivity contribution in [1.29, 1.82) is 0 Å². The first-order valence-electron chi connectivity index (χ1n) is 7.49. The highest BCUT2D eigenvalue weighted by atomic mass is 16.5. The number of nitrogens with zero attached hydrogens (tertiary/aromatic N) is 1. The van der Waals surface area contributed by atoms with Crippen molar-refractivity contribution in [2.24, 2.45) is 11.3 Å². The molecule has 1 aliphatic heterocycles. The van der Waals surface area contributed by atoms with Gasteiger partial charge >= 0.3 is 5.97 Å². The molecule has 1 fully saturated rings. The Balaban J connectivity index is 2.57. The van der Waals surface area contributed by atoms with E-state index in [1.165, 1.54) is 0 Å². The van der Waals surface area contributed by atoms with Crippen LogP contribution in [0.2, 0.25) is 0 Å². The molecule has 1 N–H and O–H groups in total. The number of aliphatic carboxylic acids is 1. The number of hydrogen-bond acceptors (Lipinski definition) is 3. The van der Waals surface area contributed by atoms with E-state index in [9.17, 15) is 14.7 Å². The maximum absolute atomic E-state index is 12.3. The molecule has 0 saturated carbocycles. The second kappa shape index (κ2) is 7.62. The van der Waals surface area contributed by atoms with Crippen LogP contribution in [0.3, 0.4) is 0 Å². The lowest BCUT2D eigenvalue weighted by Gasteiger charge is -2.34. The van der Waals surface area contributed by atoms with Crippen LogP contribution < -0.4 is 0 Å². The second-order valence-corrected chi connectivity index (χ2v) is 5.75. The minimum absolute atomic E-state index is 0.0213. The largest absolute Gasteiger partial charge is 0.481 e. The lowest BCUT2D eigenvalue weighted by molar-refractivity contribution is -0.154. The molecule has 116 valence electrons. The van der Waals surface area contributed by atoms with Crippen LogP contribution in [0.1, 0.15) is 46.0 Å². The summed E-state index contributed by atoms with van der Waals surface area (Å²) >= 11 is 0. The van der Waals surface area contributed by atoms with Gasteiger partial charge in [0, 0.05) is 33.2 Å². The van der Waals surface area contributed by atoms with Crippen molar-refractivity contribution in [2.75, 3.05) is 26.8 Å². The first-order valence-corrected chi connectivity index (χ1v) is 7.49. The lowest BCUT2D eigenvalue weighted by Crippen LogP contribution is -2.43. The summed E-state index contributed by atoms with van der Waals surface area (Å²) in [6, 6.07) is 0. The molecule has 1 rings (SSSR count). The molecular formula is C15H27NO4. The summed E-state index contributed by atoms with van der Waals surface area (Å²) in [6.07, 6.45) is 2.98. The summed E-state index contributed by atoms with van der Waals surface area (Å²) in [5.74, 6) is -0.359. The van der Waals surface area contributed by atoms with Gasteiger partial charge in [0.05, 0.1) is 5.41 Å². The summed E-state index contributed by atoms with van der Waals surface area (Å²) in [6.45, 7) is 5.86. The van der Waals surface area contributed by atoms with Crippen molar-refractivity contribution >= 4 is 11.9 Å². The molecule has 1 saturated heterocycles. The predicted molar refractivity (Wildman–Crippen MR) is 76.4 cm³/mol. The van der Waals surface area contributed by atoms with Crippen molar-refractivity contribution in [3.05, 3.63) is 0 Å². The van der Waals surface area contributed by atoms with E-state index in [2.05, 4.69) is 0 Å². The SMILES string of the molecule is CCC(CC)(CC(=O)N1CCC(COC)CC1)C(=O)O. The zero-order valence-corrected chi connectivity index (χ0v) is 12.9. The molecule has 0 aromatic heterocycles. The summed E-state index contributed by atoms with van der Waals surface area (Å²) < 4.78 is 5.14. The number of carboxylic acids is 1. The van der Waals surface area contributed by atoms with Gasteiger partial charge in [-0.3, -0.25) is 9.59 Å². The number of amides is 1. The Morgan fingerprint density at radius 3 is 2.20 bits per heavy atom. The minimum Gasteiger partial charge on any atom is -0.481 e. The van der Waals surface area contributed by atoms with Gasteiger partial charge in [-0.2, -0.15) is 0 Å². The second-order valence-electron chi connectivity index (χ2n) is 5.75. The fourth-order valence-electron chi connectivity index (χ4n) is 2.86. The van der Waals surface area contributed by atoms with Gasteiger partial charge in [0.25, 0.3) is 0 Å². The zero-order valence-electron chi connectivity index (χ0n) is 12.9. The van der Waals surface area contributed by atoms with Crippen molar-refractivity contribution < 1.29 is 19.4 Å². The van der Waals surface area contributed by atoms with Crippen molar-refractivity contribution in [1.82, 2.24) is 4.90 Å². The summed E-state index contributed by atoms with van der Waals surface area (Å²) in [4.78, 5) is 25.6. The molecule has 20 heavy (non-hydrogen) atoms. The molecule has 0 atom stereocenters. The molecule has 0 unspecified atom stereocenters. The fourth-order valence-corrected chi connectivity index (χ4v) is 2.86. The Morgan fingerprint density at radius 2 is 1.80 bits per heavy atom. The molecule has 1 amide bonds. The highest BCUT2D eigenvalue weighted by Crippen LogP contribution is 2.32. The molecule has 1 heterocycles. The number of carbonyl (C=O) groups excluding carboxylic acids is 1. The summed E-state index contributed by atoms with van der Waals surface area (Å²) in [5.41, 5.74) is -0.902. The highest BCUT2D eigenvalue weighted by molar-refractivity contribution is 5.85. The standard InChI is InChI=1S/C15H27NO4/c1-4-15(5-2,14(18)19)10-13(17)16-8-6-12(7-9-16)11-20-3/h12H,4-11H2,1-3H3,(H,18,19). The van der Waals surface area contributed by atoms with Gasteiger partial charge in [-0.1, -0.05) is 13.8 Å². The Labute approximate surface area is 121 Å². The summed E-state index contributed by atoms with van der Waals surface area (Å²) in [7, 11) is 1.70. The quantitative estimate of drug-likeness (QED) is 0.778. The molecule has 0 aromatic rings. The van der Waals surface area contributed by atoms with E-state index in [1.807, 2.05) is 18.7 Å². The molecule has 0 aromatic carbocycles. The number of rotatable bonds is 7. The number of hydrogen-bond donors (Lipinski definition) is 1. The highest BCUT2D eigenvalue weighted by Gasteiger charge is 2.38. The molecule has 1 aliphatic rings. The van der Waals surface area contributed by atoms with Crippen LogP contribution in [0.5, 0.6) is 0 Å². The van der Waals surface area contributed by atoms with Crippen LogP contribution in [-0.4, -0.2) is 48.7 Å². The third-order valence-corrected chi connectivity index (χ3v) is 4.67. The Morgan fingerprint density at radius 1 is 1.25 bits per heavy atom. The van der Waals surface area contributed by atoms with Crippen LogP contribution in [0, 0.1) is 11.3 Å². The first kappa shape index (κ1) is 17.0. The van der Waals surface area contributed by atoms with Crippen LogP contribution in [0.15, 0.2) is 0 Å². The van der Waals surface area contributed by atoms with Crippen molar-refractivity contribution in [3.63, 3.8) is 0 Å². The monoisotopic (exact) mass is 285 g/mol. The summed E-state index contributed by atoms with van der Waals surface area (Å²) in [5, 5.41) is 9.40. The molecule has 5 nitrogen and oxygen atoms in total. The van der Waals surface area contributed by atoms with Crippen LogP contribution in [-0.2, 0) is 14.3 Å². The number of likely N-dealkylation sites (tertiary alicyclic amines) is 1. The van der Waals surface area contributed by atoms with Crippen LogP contribution >= 0.6 is 0 Å². The Hall–Kier alpha value is -1.10. The molecule has 0 aliphatic carbocycles. The number of carbonyl (C=O) groups is 2. The number of carboxylic acid groups (broad SMARTS) is 1. The first-order chi connectivity index (χ1) is 9.49. The van der Waals surface area contributed by atoms with Gasteiger partial charge in [0.2, 0.25) is 5.91 Å². The van der Waals surface area contributed by atoms with Crippen LogP contribution in [0.25, 0.3) is 0 Å². The minimum atomic E-state index is -0.902. The molecule has 0 radical (unpaired) electrons. The van der Waals surface area contributed by atoms with E-state index in [1.54, 1.807) is 7.11 Å². The maximum Gasteiger partial charge on any atom is 0.310 e. The number of ether oxygens (including phenoxy) is 1. The molecule has 0 bridgehead atoms. The lowest BCUT2D eigenvalue weighted by atomic mass is 9.78. The fraction of sp³-hybridized carbons (Fsp3) is 0.867. The van der Waals surface area contributed by atoms with Gasteiger partial charge in [0.1, 0.15) is 0 Å². The zero-order chi connectivity index (χ0) is 15.2. The third kappa shape index (κ3) is 3.95. The maximum atomic E-state index is 12.3. The van der Waals surface area contributed by atoms with Gasteiger partial charge in [-0.25, -0.2) is 0 Å². The van der Waals surface area contributed by atoms with Gasteiger partial charge in [0.15, 0.2) is 0 Å². The van der Waals surface area contributed by atoms with E-state index in [-0.39, 0.29) is 12.3 Å². The van der Waals surface area contributed by atoms with E-state index in [0.29, 0.717) is 18.8 Å². The van der Waals surface area contributed by atoms with Crippen LogP contribution in [0.4, 0.5) is 0 Å². The average Bonchev–Trinajstić information content (AvgIpc) is 2.45. The van der Waals surface area contributed by atoms with Gasteiger partial charge in [-0.05, 0) is 31.6 Å². The van der Waals surface area contributed by atoms with Crippen molar-refractivity contribution in [3.8, 4) is 0 Å². The number of piperidine rings is 1. The Kier molecular flexibility index (Phi) is 6.46. The van der Waals surface area contributed by atoms with E-state index in [0.717, 1.165) is 32.5 Å². The predicted octanol–water partition coefficient (Wildman–Crippen LogP) is 2.15. The third-order valence-electron chi connectivity index (χ3n) is 4.67. The van der Waals surface area contributed by atoms with Gasteiger partial charge < -0.3 is 14.7 Å². The van der Waals surface area contributed by atoms with Gasteiger partial charge in [-0.15, -0.1) is 0 Å². The van der Waals surface area contributed by atoms with Crippen molar-refractivity contribution in [2.45, 2.75) is 46.0 Å². The average molecular weight is 285 g/mol. The van der Waals surface area contributed by atoms with E-state index >= 15 is 0 Å². The van der Waals surface area contributed by atoms with E-state index in [4.69, 9.17) is 4.74 Å². The number of methoxy groups -OCH3 is 1. The molecule has 5 heteroatoms. The smallest absolute Gasteiger partial charge is 0.310 e. The van der Waals surface area contributed by atoms with E-state index < -0.39 is 11.4 Å². The normalized spacial score (nSPS) is 17.2.